The van der Waals surface area contributed by atoms with Gasteiger partial charge in [-0.25, -0.2) is 0 Å². The molecule has 3 aliphatic rings. The molecule has 2 aromatic rings. The van der Waals surface area contributed by atoms with Crippen molar-refractivity contribution in [2.45, 2.75) is 25.8 Å². The number of amides is 2. The SMILES string of the molecule is C[C@@H]1c2ccsc2CCN1C(=O)[C@H]1CC(=O)N(c2ccc3c(c2)OCCO3)C1. The second-order valence-electron chi connectivity index (χ2n) is 7.49. The highest BCUT2D eigenvalue weighted by molar-refractivity contribution is 7.10. The Morgan fingerprint density at radius 1 is 1.18 bits per heavy atom. The average Bonchev–Trinajstić information content (AvgIpc) is 3.34. The highest BCUT2D eigenvalue weighted by Gasteiger charge is 2.40. The maximum atomic E-state index is 13.2. The first-order valence-electron chi connectivity index (χ1n) is 9.68. The molecule has 1 aromatic carbocycles. The Kier molecular flexibility index (Phi) is 4.27. The molecule has 2 atom stereocenters. The van der Waals surface area contributed by atoms with E-state index in [1.807, 2.05) is 23.1 Å². The van der Waals surface area contributed by atoms with Gasteiger partial charge in [-0.05, 0) is 42.5 Å². The zero-order valence-electron chi connectivity index (χ0n) is 15.7. The number of hydrogen-bond donors (Lipinski definition) is 0. The number of hydrogen-bond acceptors (Lipinski definition) is 5. The third-order valence-corrected chi connectivity index (χ3v) is 6.87. The zero-order valence-corrected chi connectivity index (χ0v) is 16.5. The summed E-state index contributed by atoms with van der Waals surface area (Å²) in [5, 5.41) is 2.10. The van der Waals surface area contributed by atoms with Crippen LogP contribution in [0.3, 0.4) is 0 Å². The molecule has 0 bridgehead atoms. The molecule has 0 unspecified atom stereocenters. The van der Waals surface area contributed by atoms with Crippen LogP contribution in [0, 0.1) is 5.92 Å². The molecule has 3 aliphatic heterocycles. The van der Waals surface area contributed by atoms with Crippen LogP contribution < -0.4 is 14.4 Å². The van der Waals surface area contributed by atoms with Crippen LogP contribution in [0.5, 0.6) is 11.5 Å². The maximum absolute atomic E-state index is 13.2. The molecular weight excluding hydrogens is 376 g/mol. The molecule has 28 heavy (non-hydrogen) atoms. The smallest absolute Gasteiger partial charge is 0.228 e. The summed E-state index contributed by atoms with van der Waals surface area (Å²) < 4.78 is 11.2. The fourth-order valence-corrected chi connectivity index (χ4v) is 5.33. The Morgan fingerprint density at radius 2 is 2.00 bits per heavy atom. The molecule has 7 heteroatoms. The first-order valence-corrected chi connectivity index (χ1v) is 10.6. The minimum absolute atomic E-state index is 0.0177. The fraction of sp³-hybridized carbons (Fsp3) is 0.429. The van der Waals surface area contributed by atoms with Gasteiger partial charge in [0.05, 0.1) is 12.0 Å². The monoisotopic (exact) mass is 398 g/mol. The number of benzene rings is 1. The summed E-state index contributed by atoms with van der Waals surface area (Å²) >= 11 is 1.76. The van der Waals surface area contributed by atoms with Crippen molar-refractivity contribution in [3.8, 4) is 11.5 Å². The van der Waals surface area contributed by atoms with Crippen LogP contribution in [0.4, 0.5) is 5.69 Å². The van der Waals surface area contributed by atoms with Gasteiger partial charge in [-0.2, -0.15) is 0 Å². The van der Waals surface area contributed by atoms with Crippen LogP contribution in [-0.2, 0) is 16.0 Å². The van der Waals surface area contributed by atoms with Gasteiger partial charge in [0, 0.05) is 36.1 Å². The molecule has 1 saturated heterocycles. The predicted molar refractivity (Wildman–Crippen MR) is 106 cm³/mol. The van der Waals surface area contributed by atoms with E-state index >= 15 is 0 Å². The third kappa shape index (κ3) is 2.85. The number of nitrogens with zero attached hydrogens (tertiary/aromatic N) is 2. The zero-order chi connectivity index (χ0) is 19.3. The molecule has 2 amide bonds. The summed E-state index contributed by atoms with van der Waals surface area (Å²) in [5.41, 5.74) is 2.01. The van der Waals surface area contributed by atoms with Crippen LogP contribution in [0.25, 0.3) is 0 Å². The van der Waals surface area contributed by atoms with E-state index in [-0.39, 0.29) is 30.2 Å². The van der Waals surface area contributed by atoms with Crippen molar-refractivity contribution in [2.75, 3.05) is 31.2 Å². The van der Waals surface area contributed by atoms with Crippen molar-refractivity contribution in [1.29, 1.82) is 0 Å². The normalized spacial score (nSPS) is 23.7. The van der Waals surface area contributed by atoms with E-state index in [2.05, 4.69) is 18.4 Å². The highest BCUT2D eigenvalue weighted by Crippen LogP contribution is 2.38. The Morgan fingerprint density at radius 3 is 2.86 bits per heavy atom. The molecule has 0 radical (unpaired) electrons. The summed E-state index contributed by atoms with van der Waals surface area (Å²) in [6.45, 7) is 4.26. The van der Waals surface area contributed by atoms with Crippen molar-refractivity contribution in [3.63, 3.8) is 0 Å². The van der Waals surface area contributed by atoms with E-state index in [1.165, 1.54) is 10.4 Å². The van der Waals surface area contributed by atoms with Gasteiger partial charge in [-0.3, -0.25) is 9.59 Å². The number of ether oxygens (including phenoxy) is 2. The van der Waals surface area contributed by atoms with Gasteiger partial charge in [0.15, 0.2) is 11.5 Å². The van der Waals surface area contributed by atoms with Crippen LogP contribution in [0.2, 0.25) is 0 Å². The molecule has 146 valence electrons. The van der Waals surface area contributed by atoms with Gasteiger partial charge in [-0.15, -0.1) is 11.3 Å². The van der Waals surface area contributed by atoms with Crippen LogP contribution >= 0.6 is 11.3 Å². The van der Waals surface area contributed by atoms with Crippen molar-refractivity contribution in [2.24, 2.45) is 5.92 Å². The topological polar surface area (TPSA) is 59.1 Å². The Balaban J connectivity index is 1.33. The molecule has 0 spiro atoms. The molecule has 0 N–H and O–H groups in total. The van der Waals surface area contributed by atoms with Gasteiger partial charge in [-0.1, -0.05) is 0 Å². The van der Waals surface area contributed by atoms with E-state index in [0.717, 1.165) is 18.7 Å². The third-order valence-electron chi connectivity index (χ3n) is 5.87. The van der Waals surface area contributed by atoms with Crippen LogP contribution in [0.15, 0.2) is 29.6 Å². The summed E-state index contributed by atoms with van der Waals surface area (Å²) in [6, 6.07) is 7.71. The molecule has 1 aromatic heterocycles. The quantitative estimate of drug-likeness (QED) is 0.780. The molecule has 1 fully saturated rings. The lowest BCUT2D eigenvalue weighted by atomic mass is 9.98. The van der Waals surface area contributed by atoms with Crippen LogP contribution in [-0.4, -0.2) is 43.0 Å². The molecule has 0 aliphatic carbocycles. The Labute approximate surface area is 167 Å². The molecule has 0 saturated carbocycles. The van der Waals surface area contributed by atoms with Gasteiger partial charge in [0.2, 0.25) is 11.8 Å². The molecular formula is C21H22N2O4S. The minimum atomic E-state index is -0.302. The van der Waals surface area contributed by atoms with Crippen molar-refractivity contribution in [3.05, 3.63) is 40.1 Å². The van der Waals surface area contributed by atoms with E-state index in [1.54, 1.807) is 16.2 Å². The molecule has 5 rings (SSSR count). The van der Waals surface area contributed by atoms with Gasteiger partial charge >= 0.3 is 0 Å². The van der Waals surface area contributed by atoms with Gasteiger partial charge in [0.25, 0.3) is 0 Å². The lowest BCUT2D eigenvalue weighted by Gasteiger charge is -2.35. The average molecular weight is 398 g/mol. The van der Waals surface area contributed by atoms with Crippen molar-refractivity contribution < 1.29 is 19.1 Å². The van der Waals surface area contributed by atoms with Crippen LogP contribution in [0.1, 0.15) is 29.8 Å². The molecule has 6 nitrogen and oxygen atoms in total. The number of anilines is 1. The second kappa shape index (κ2) is 6.81. The standard InChI is InChI=1S/C21H22N2O4S/c1-13-16-5-9-28-19(16)4-6-22(13)21(25)14-10-20(24)23(12-14)15-2-3-17-18(11-15)27-8-7-26-17/h2-3,5,9,11,13-14H,4,6-8,10,12H2,1H3/t13-,14+/m1/s1. The number of thiophene rings is 1. The maximum Gasteiger partial charge on any atom is 0.228 e. The minimum Gasteiger partial charge on any atom is -0.486 e. The van der Waals surface area contributed by atoms with Gasteiger partial charge < -0.3 is 19.3 Å². The predicted octanol–water partition coefficient (Wildman–Crippen LogP) is 3.02. The Hall–Kier alpha value is -2.54. The van der Waals surface area contributed by atoms with Crippen molar-refractivity contribution in [1.82, 2.24) is 4.90 Å². The van der Waals surface area contributed by atoms with E-state index in [9.17, 15) is 9.59 Å². The Bertz CT molecular complexity index is 940. The number of fused-ring (bicyclic) bond motifs is 2. The van der Waals surface area contributed by atoms with Gasteiger partial charge in [0.1, 0.15) is 13.2 Å². The second-order valence-corrected chi connectivity index (χ2v) is 8.49. The fourth-order valence-electron chi connectivity index (χ4n) is 4.37. The summed E-state index contributed by atoms with van der Waals surface area (Å²) in [4.78, 5) is 30.9. The number of rotatable bonds is 2. The summed E-state index contributed by atoms with van der Waals surface area (Å²) in [5.74, 6) is 1.11. The first-order chi connectivity index (χ1) is 13.6. The highest BCUT2D eigenvalue weighted by atomic mass is 32.1. The van der Waals surface area contributed by atoms with E-state index in [0.29, 0.717) is 31.3 Å². The van der Waals surface area contributed by atoms with E-state index in [4.69, 9.17) is 9.47 Å². The lowest BCUT2D eigenvalue weighted by Crippen LogP contribution is -2.42. The summed E-state index contributed by atoms with van der Waals surface area (Å²) in [7, 11) is 0. The lowest BCUT2D eigenvalue weighted by molar-refractivity contribution is -0.138. The number of carbonyl (C=O) groups is 2. The van der Waals surface area contributed by atoms with E-state index < -0.39 is 0 Å². The summed E-state index contributed by atoms with van der Waals surface area (Å²) in [6.07, 6.45) is 1.16. The van der Waals surface area contributed by atoms with Crippen molar-refractivity contribution >= 4 is 28.8 Å². The number of carbonyl (C=O) groups excluding carboxylic acids is 2. The molecule has 4 heterocycles. The largest absolute Gasteiger partial charge is 0.486 e. The first kappa shape index (κ1) is 17.6.